The first-order valence-electron chi connectivity index (χ1n) is 3.45. The topological polar surface area (TPSA) is 0 Å². The lowest BCUT2D eigenvalue weighted by Gasteiger charge is -2.00. The molecule has 0 aromatic carbocycles. The fraction of sp³-hybridized carbons (Fsp3) is 1.00. The average molecular weight is 114 g/mol. The average Bonchev–Trinajstić information content (AvgIpc) is 2.13. The molecule has 0 heterocycles. The number of hydrogen-bond donors (Lipinski definition) is 0. The third kappa shape index (κ3) is 0.402. The minimum Gasteiger partial charge on any atom is -0.247 e. The molecule has 8 heavy (non-hydrogen) atoms. The van der Waals surface area contributed by atoms with Crippen LogP contribution in [0.2, 0.25) is 0 Å². The summed E-state index contributed by atoms with van der Waals surface area (Å²) in [5, 5.41) is 0. The van der Waals surface area contributed by atoms with E-state index in [0.717, 1.165) is 6.42 Å². The largest absolute Gasteiger partial charge is 0.247 e. The van der Waals surface area contributed by atoms with Crippen molar-refractivity contribution in [2.75, 3.05) is 0 Å². The first-order valence-corrected chi connectivity index (χ1v) is 3.45. The molecule has 4 atom stereocenters. The van der Waals surface area contributed by atoms with Gasteiger partial charge in [0, 0.05) is 0 Å². The molecule has 0 aromatic rings. The zero-order chi connectivity index (χ0) is 5.72. The van der Waals surface area contributed by atoms with Gasteiger partial charge >= 0.3 is 0 Å². The van der Waals surface area contributed by atoms with Crippen LogP contribution in [0.15, 0.2) is 0 Å². The smallest absolute Gasteiger partial charge is 0.107 e. The van der Waals surface area contributed by atoms with Gasteiger partial charge in [-0.15, -0.1) is 0 Å². The predicted molar refractivity (Wildman–Crippen MR) is 30.3 cm³/mol. The Morgan fingerprint density at radius 1 is 1.38 bits per heavy atom. The van der Waals surface area contributed by atoms with E-state index in [0.29, 0.717) is 17.8 Å². The van der Waals surface area contributed by atoms with E-state index in [-0.39, 0.29) is 0 Å². The van der Waals surface area contributed by atoms with Gasteiger partial charge in [-0.25, -0.2) is 4.39 Å². The number of halogens is 1. The molecular weight excluding hydrogens is 103 g/mol. The Labute approximate surface area is 49.1 Å². The second kappa shape index (κ2) is 1.26. The molecule has 0 bridgehead atoms. The Balaban J connectivity index is 2.07. The second-order valence-electron chi connectivity index (χ2n) is 3.24. The van der Waals surface area contributed by atoms with Crippen LogP contribution in [-0.4, -0.2) is 6.17 Å². The minimum atomic E-state index is -0.404. The summed E-state index contributed by atoms with van der Waals surface area (Å²) in [4.78, 5) is 0. The molecule has 1 heteroatoms. The van der Waals surface area contributed by atoms with Gasteiger partial charge in [0.2, 0.25) is 0 Å². The van der Waals surface area contributed by atoms with Crippen molar-refractivity contribution in [3.05, 3.63) is 0 Å². The highest BCUT2D eigenvalue weighted by Crippen LogP contribution is 2.56. The van der Waals surface area contributed by atoms with Crippen molar-refractivity contribution >= 4 is 0 Å². The van der Waals surface area contributed by atoms with Crippen LogP contribution in [0.4, 0.5) is 4.39 Å². The van der Waals surface area contributed by atoms with E-state index in [9.17, 15) is 4.39 Å². The molecule has 0 spiro atoms. The van der Waals surface area contributed by atoms with E-state index in [1.54, 1.807) is 0 Å². The molecule has 0 aliphatic heterocycles. The van der Waals surface area contributed by atoms with Gasteiger partial charge in [0.25, 0.3) is 0 Å². The van der Waals surface area contributed by atoms with Gasteiger partial charge in [0.1, 0.15) is 6.17 Å². The van der Waals surface area contributed by atoms with Gasteiger partial charge in [-0.05, 0) is 30.6 Å². The van der Waals surface area contributed by atoms with E-state index in [1.165, 1.54) is 6.42 Å². The molecule has 46 valence electrons. The van der Waals surface area contributed by atoms with Crippen LogP contribution in [0.1, 0.15) is 19.8 Å². The predicted octanol–water partition coefficient (Wildman–Crippen LogP) is 2.00. The zero-order valence-corrected chi connectivity index (χ0v) is 5.10. The summed E-state index contributed by atoms with van der Waals surface area (Å²) < 4.78 is 12.5. The van der Waals surface area contributed by atoms with Crippen LogP contribution in [0.5, 0.6) is 0 Å². The molecule has 2 rings (SSSR count). The minimum absolute atomic E-state index is 0.404. The maximum absolute atomic E-state index is 12.5. The monoisotopic (exact) mass is 114 g/mol. The van der Waals surface area contributed by atoms with Crippen LogP contribution in [0.3, 0.4) is 0 Å². The van der Waals surface area contributed by atoms with Crippen LogP contribution in [-0.2, 0) is 0 Å². The normalized spacial score (nSPS) is 60.8. The lowest BCUT2D eigenvalue weighted by atomic mass is 10.1. The van der Waals surface area contributed by atoms with Gasteiger partial charge in [0.05, 0.1) is 0 Å². The molecule has 4 unspecified atom stereocenters. The molecule has 2 aliphatic carbocycles. The Hall–Kier alpha value is -0.0700. The van der Waals surface area contributed by atoms with Gasteiger partial charge in [-0.2, -0.15) is 0 Å². The standard InChI is InChI=1S/C7H11F/c1-4-2-3-5-6(4)7(5)8/h4-7H,2-3H2,1H3. The van der Waals surface area contributed by atoms with Crippen molar-refractivity contribution in [2.24, 2.45) is 17.8 Å². The number of hydrogen-bond acceptors (Lipinski definition) is 0. The van der Waals surface area contributed by atoms with E-state index < -0.39 is 6.17 Å². The maximum Gasteiger partial charge on any atom is 0.107 e. The highest BCUT2D eigenvalue weighted by Gasteiger charge is 2.57. The zero-order valence-electron chi connectivity index (χ0n) is 5.10. The van der Waals surface area contributed by atoms with Crippen LogP contribution in [0.25, 0.3) is 0 Å². The molecule has 2 saturated carbocycles. The number of alkyl halides is 1. The summed E-state index contributed by atoms with van der Waals surface area (Å²) in [6.07, 6.45) is 2.03. The van der Waals surface area contributed by atoms with Crippen molar-refractivity contribution in [3.8, 4) is 0 Å². The molecular formula is C7H11F. The molecule has 0 N–H and O–H groups in total. The van der Waals surface area contributed by atoms with E-state index in [4.69, 9.17) is 0 Å². The highest BCUT2D eigenvalue weighted by molar-refractivity contribution is 5.04. The first-order chi connectivity index (χ1) is 3.80. The summed E-state index contributed by atoms with van der Waals surface area (Å²) >= 11 is 0. The SMILES string of the molecule is CC1CCC2C(F)C12. The van der Waals surface area contributed by atoms with E-state index in [2.05, 4.69) is 6.92 Å². The van der Waals surface area contributed by atoms with Crippen molar-refractivity contribution in [1.82, 2.24) is 0 Å². The molecule has 0 amide bonds. The lowest BCUT2D eigenvalue weighted by Crippen LogP contribution is -1.95. The molecule has 0 nitrogen and oxygen atoms in total. The lowest BCUT2D eigenvalue weighted by molar-refractivity contribution is 0.359. The Morgan fingerprint density at radius 2 is 2.12 bits per heavy atom. The Morgan fingerprint density at radius 3 is 2.38 bits per heavy atom. The quantitative estimate of drug-likeness (QED) is 0.452. The summed E-state index contributed by atoms with van der Waals surface area (Å²) in [7, 11) is 0. The highest BCUT2D eigenvalue weighted by atomic mass is 19.1. The van der Waals surface area contributed by atoms with E-state index in [1.807, 2.05) is 0 Å². The first kappa shape index (κ1) is 4.78. The summed E-state index contributed by atoms with van der Waals surface area (Å²) in [6.45, 7) is 2.17. The fourth-order valence-electron chi connectivity index (χ4n) is 2.09. The number of fused-ring (bicyclic) bond motifs is 1. The van der Waals surface area contributed by atoms with Gasteiger partial charge in [0.15, 0.2) is 0 Å². The third-order valence-electron chi connectivity index (χ3n) is 2.74. The molecule has 2 fully saturated rings. The molecule has 2 aliphatic rings. The van der Waals surface area contributed by atoms with Gasteiger partial charge in [-0.1, -0.05) is 6.92 Å². The van der Waals surface area contributed by atoms with Gasteiger partial charge < -0.3 is 0 Å². The molecule has 0 aromatic heterocycles. The van der Waals surface area contributed by atoms with Crippen molar-refractivity contribution < 1.29 is 4.39 Å². The molecule has 0 saturated heterocycles. The fourth-order valence-corrected chi connectivity index (χ4v) is 2.09. The van der Waals surface area contributed by atoms with Crippen molar-refractivity contribution in [2.45, 2.75) is 25.9 Å². The Bertz CT molecular complexity index is 109. The van der Waals surface area contributed by atoms with Crippen molar-refractivity contribution in [1.29, 1.82) is 0 Å². The van der Waals surface area contributed by atoms with Crippen LogP contribution >= 0.6 is 0 Å². The van der Waals surface area contributed by atoms with Crippen LogP contribution < -0.4 is 0 Å². The third-order valence-corrected chi connectivity index (χ3v) is 2.74. The summed E-state index contributed by atoms with van der Waals surface area (Å²) in [5.74, 6) is 1.66. The summed E-state index contributed by atoms with van der Waals surface area (Å²) in [6, 6.07) is 0. The van der Waals surface area contributed by atoms with Crippen LogP contribution in [0, 0.1) is 17.8 Å². The maximum atomic E-state index is 12.5. The second-order valence-corrected chi connectivity index (χ2v) is 3.24. The van der Waals surface area contributed by atoms with E-state index >= 15 is 0 Å². The summed E-state index contributed by atoms with van der Waals surface area (Å²) in [5.41, 5.74) is 0. The molecule has 0 radical (unpaired) electrons. The number of rotatable bonds is 0. The Kier molecular flexibility index (Phi) is 0.750. The van der Waals surface area contributed by atoms with Gasteiger partial charge in [-0.3, -0.25) is 0 Å². The van der Waals surface area contributed by atoms with Crippen molar-refractivity contribution in [3.63, 3.8) is 0 Å².